The summed E-state index contributed by atoms with van der Waals surface area (Å²) in [7, 11) is 0. The Morgan fingerprint density at radius 1 is 0.914 bits per heavy atom. The molecule has 13 nitrogen and oxygen atoms in total. The first-order valence-corrected chi connectivity index (χ1v) is 11.2. The van der Waals surface area contributed by atoms with Crippen molar-refractivity contribution in [2.24, 2.45) is 17.2 Å². The van der Waals surface area contributed by atoms with Crippen LogP contribution in [-0.2, 0) is 16.1 Å². The summed E-state index contributed by atoms with van der Waals surface area (Å²) < 4.78 is 5.18. The number of benzene rings is 1. The largest absolute Gasteiger partial charge is 0.423 e. The fraction of sp³-hybridized carbons (Fsp3) is 0.409. The SMILES string of the molecule is N=C(N)NCCC[C@H](NC(=O)[C@@H](N)CCCNC(=N)N)C(=O)NCc1ccc2ccc(=O)oc2c1. The maximum Gasteiger partial charge on any atom is 0.336 e. The van der Waals surface area contributed by atoms with Crippen LogP contribution in [0.2, 0.25) is 0 Å². The minimum Gasteiger partial charge on any atom is -0.423 e. The van der Waals surface area contributed by atoms with Crippen LogP contribution in [0.1, 0.15) is 31.2 Å². The van der Waals surface area contributed by atoms with Gasteiger partial charge in [-0.15, -0.1) is 0 Å². The standard InChI is InChI=1S/C22H33N9O4/c23-15(3-1-9-28-21(24)25)19(33)31-16(4-2-10-29-22(26)27)20(34)30-12-13-5-6-14-7-8-18(32)35-17(14)11-13/h5-8,11,15-16H,1-4,9-10,12,23H2,(H,30,34)(H,31,33)(H4,24,25,28)(H4,26,27,29)/t15-,16-/m0/s1. The van der Waals surface area contributed by atoms with Crippen molar-refractivity contribution >= 4 is 34.7 Å². The topological polar surface area (TPSA) is 238 Å². The molecule has 35 heavy (non-hydrogen) atoms. The third-order valence-electron chi connectivity index (χ3n) is 5.12. The smallest absolute Gasteiger partial charge is 0.336 e. The van der Waals surface area contributed by atoms with E-state index >= 15 is 0 Å². The first-order chi connectivity index (χ1) is 16.7. The zero-order valence-electron chi connectivity index (χ0n) is 19.4. The van der Waals surface area contributed by atoms with Crippen LogP contribution in [0.4, 0.5) is 0 Å². The summed E-state index contributed by atoms with van der Waals surface area (Å²) in [6, 6.07) is 6.57. The molecule has 0 unspecified atom stereocenters. The molecule has 2 atom stereocenters. The Bertz CT molecular complexity index is 1100. The number of amides is 2. The van der Waals surface area contributed by atoms with Crippen molar-refractivity contribution in [2.45, 2.75) is 44.3 Å². The first-order valence-electron chi connectivity index (χ1n) is 11.2. The van der Waals surface area contributed by atoms with Gasteiger partial charge in [0.25, 0.3) is 0 Å². The third-order valence-corrected chi connectivity index (χ3v) is 5.12. The fourth-order valence-electron chi connectivity index (χ4n) is 3.28. The van der Waals surface area contributed by atoms with Gasteiger partial charge in [-0.1, -0.05) is 12.1 Å². The van der Waals surface area contributed by atoms with Gasteiger partial charge in [0, 0.05) is 31.1 Å². The van der Waals surface area contributed by atoms with Crippen molar-refractivity contribution in [1.29, 1.82) is 10.8 Å². The molecule has 1 aromatic carbocycles. The van der Waals surface area contributed by atoms with E-state index in [-0.39, 0.29) is 18.5 Å². The molecule has 1 aromatic heterocycles. The van der Waals surface area contributed by atoms with Gasteiger partial charge in [-0.2, -0.15) is 0 Å². The van der Waals surface area contributed by atoms with Crippen LogP contribution in [0.5, 0.6) is 0 Å². The quantitative estimate of drug-likeness (QED) is 0.0708. The molecule has 0 aliphatic heterocycles. The van der Waals surface area contributed by atoms with Gasteiger partial charge < -0.3 is 42.9 Å². The molecule has 0 saturated carbocycles. The van der Waals surface area contributed by atoms with E-state index in [0.29, 0.717) is 44.4 Å². The van der Waals surface area contributed by atoms with Crippen LogP contribution in [0.15, 0.2) is 39.5 Å². The Morgan fingerprint density at radius 2 is 1.54 bits per heavy atom. The van der Waals surface area contributed by atoms with Crippen LogP contribution in [0.25, 0.3) is 11.0 Å². The van der Waals surface area contributed by atoms with E-state index in [1.165, 1.54) is 6.07 Å². The summed E-state index contributed by atoms with van der Waals surface area (Å²) in [5.74, 6) is -1.21. The molecular formula is C22H33N9O4. The molecule has 0 aliphatic rings. The first kappa shape index (κ1) is 27.1. The number of carbonyl (C=O) groups is 2. The zero-order chi connectivity index (χ0) is 25.8. The van der Waals surface area contributed by atoms with Crippen LogP contribution in [-0.4, -0.2) is 48.9 Å². The second-order valence-electron chi connectivity index (χ2n) is 7.98. The van der Waals surface area contributed by atoms with E-state index in [1.54, 1.807) is 24.3 Å². The highest BCUT2D eigenvalue weighted by atomic mass is 16.4. The molecule has 13 heteroatoms. The second kappa shape index (κ2) is 13.5. The molecule has 0 fully saturated rings. The number of rotatable bonds is 13. The summed E-state index contributed by atoms with van der Waals surface area (Å²) >= 11 is 0. The molecule has 0 radical (unpaired) electrons. The van der Waals surface area contributed by atoms with Gasteiger partial charge in [-0.25, -0.2) is 4.79 Å². The molecule has 0 aliphatic carbocycles. The van der Waals surface area contributed by atoms with Crippen molar-refractivity contribution < 1.29 is 14.0 Å². The van der Waals surface area contributed by atoms with E-state index in [4.69, 9.17) is 32.4 Å². The number of nitrogens with two attached hydrogens (primary N) is 3. The van der Waals surface area contributed by atoms with Crippen molar-refractivity contribution in [3.63, 3.8) is 0 Å². The summed E-state index contributed by atoms with van der Waals surface area (Å²) in [5, 5.41) is 25.9. The molecule has 2 amide bonds. The molecule has 12 N–H and O–H groups in total. The lowest BCUT2D eigenvalue weighted by Crippen LogP contribution is -2.51. The van der Waals surface area contributed by atoms with Crippen LogP contribution >= 0.6 is 0 Å². The highest BCUT2D eigenvalue weighted by Gasteiger charge is 2.23. The van der Waals surface area contributed by atoms with Crippen molar-refractivity contribution in [3.8, 4) is 0 Å². The predicted molar refractivity (Wildman–Crippen MR) is 133 cm³/mol. The van der Waals surface area contributed by atoms with Gasteiger partial charge in [0.05, 0.1) is 6.04 Å². The Kier molecular flexibility index (Phi) is 10.5. The van der Waals surface area contributed by atoms with Crippen LogP contribution in [0.3, 0.4) is 0 Å². The van der Waals surface area contributed by atoms with Gasteiger partial charge in [0.1, 0.15) is 11.6 Å². The minimum absolute atomic E-state index is 0.160. The average molecular weight is 488 g/mol. The lowest BCUT2D eigenvalue weighted by atomic mass is 10.1. The van der Waals surface area contributed by atoms with Gasteiger partial charge in [0.2, 0.25) is 11.8 Å². The summed E-state index contributed by atoms with van der Waals surface area (Å²) in [6.45, 7) is 0.929. The Labute approximate surface area is 202 Å². The molecule has 190 valence electrons. The van der Waals surface area contributed by atoms with E-state index in [1.807, 2.05) is 0 Å². The Morgan fingerprint density at radius 3 is 2.20 bits per heavy atom. The third kappa shape index (κ3) is 9.71. The number of hydrogen-bond acceptors (Lipinski definition) is 7. The Balaban J connectivity index is 1.97. The summed E-state index contributed by atoms with van der Waals surface area (Å²) in [5.41, 5.74) is 17.1. The van der Waals surface area contributed by atoms with E-state index < -0.39 is 29.5 Å². The zero-order valence-corrected chi connectivity index (χ0v) is 19.4. The van der Waals surface area contributed by atoms with Crippen molar-refractivity contribution in [3.05, 3.63) is 46.3 Å². The fourth-order valence-corrected chi connectivity index (χ4v) is 3.28. The molecule has 0 spiro atoms. The summed E-state index contributed by atoms with van der Waals surface area (Å²) in [6.07, 6.45) is 1.63. The lowest BCUT2D eigenvalue weighted by molar-refractivity contribution is -0.130. The van der Waals surface area contributed by atoms with Crippen LogP contribution < -0.4 is 44.1 Å². The maximum absolute atomic E-state index is 12.9. The number of guanidine groups is 2. The molecule has 2 aromatic rings. The molecule has 0 saturated heterocycles. The van der Waals surface area contributed by atoms with Gasteiger partial charge >= 0.3 is 5.63 Å². The highest BCUT2D eigenvalue weighted by Crippen LogP contribution is 2.14. The molecule has 0 bridgehead atoms. The van der Waals surface area contributed by atoms with E-state index in [9.17, 15) is 14.4 Å². The monoisotopic (exact) mass is 487 g/mol. The van der Waals surface area contributed by atoms with Gasteiger partial charge in [-0.05, 0) is 43.4 Å². The second-order valence-corrected chi connectivity index (χ2v) is 7.98. The van der Waals surface area contributed by atoms with Gasteiger partial charge in [-0.3, -0.25) is 20.4 Å². The average Bonchev–Trinajstić information content (AvgIpc) is 2.81. The van der Waals surface area contributed by atoms with Crippen molar-refractivity contribution in [1.82, 2.24) is 21.3 Å². The summed E-state index contributed by atoms with van der Waals surface area (Å²) in [4.78, 5) is 36.9. The highest BCUT2D eigenvalue weighted by molar-refractivity contribution is 5.89. The van der Waals surface area contributed by atoms with Crippen molar-refractivity contribution in [2.75, 3.05) is 13.1 Å². The Hall–Kier alpha value is -4.13. The molecular weight excluding hydrogens is 454 g/mol. The maximum atomic E-state index is 12.9. The number of hydrogen-bond donors (Lipinski definition) is 9. The lowest BCUT2D eigenvalue weighted by Gasteiger charge is -2.21. The normalized spacial score (nSPS) is 12.4. The number of carbonyl (C=O) groups excluding carboxylic acids is 2. The molecule has 2 rings (SSSR count). The van der Waals surface area contributed by atoms with E-state index in [0.717, 1.165) is 10.9 Å². The van der Waals surface area contributed by atoms with E-state index in [2.05, 4.69) is 21.3 Å². The molecule has 1 heterocycles. The predicted octanol–water partition coefficient (Wildman–Crippen LogP) is -1.25. The van der Waals surface area contributed by atoms with Crippen LogP contribution in [0, 0.1) is 10.8 Å². The minimum atomic E-state index is -0.851. The number of fused-ring (bicyclic) bond motifs is 1. The number of nitrogens with one attached hydrogen (secondary N) is 6. The van der Waals surface area contributed by atoms with Gasteiger partial charge in [0.15, 0.2) is 11.9 Å².